The van der Waals surface area contributed by atoms with E-state index >= 15 is 0 Å². The molecule has 4 aromatic rings. The van der Waals surface area contributed by atoms with Gasteiger partial charge < -0.3 is 16.8 Å². The van der Waals surface area contributed by atoms with Gasteiger partial charge in [0.05, 0.1) is 0 Å². The summed E-state index contributed by atoms with van der Waals surface area (Å²) in [5.41, 5.74) is 10.4. The number of nitrogens with two attached hydrogens (primary N) is 2. The normalized spacial score (nSPS) is 12.0. The number of hydrogen-bond donors (Lipinski definition) is 4. The van der Waals surface area contributed by atoms with E-state index in [2.05, 4.69) is 25.3 Å². The monoisotopic (exact) mass is 505 g/mol. The Hall–Kier alpha value is -4.69. The smallest absolute Gasteiger partial charge is 0.383 e. The molecule has 0 unspecified atom stereocenters. The molecule has 0 saturated carbocycles. The third-order valence-corrected chi connectivity index (χ3v) is 5.16. The number of hydrogen-bond acceptors (Lipinski definition) is 8. The molecule has 10 nitrogen and oxygen atoms in total. The number of rotatable bonds is 6. The maximum atomic E-state index is 13.7. The van der Waals surface area contributed by atoms with Crippen LogP contribution in [0.1, 0.15) is 16.7 Å². The van der Waals surface area contributed by atoms with Crippen LogP contribution in [0.3, 0.4) is 0 Å². The maximum absolute atomic E-state index is 13.7. The van der Waals surface area contributed by atoms with E-state index in [0.717, 1.165) is 0 Å². The first-order valence-corrected chi connectivity index (χ1v) is 10.0. The Morgan fingerprint density at radius 3 is 2.36 bits per heavy atom. The molecule has 186 valence electrons. The van der Waals surface area contributed by atoms with E-state index in [-0.39, 0.29) is 18.6 Å². The van der Waals surface area contributed by atoms with Crippen LogP contribution < -0.4 is 16.8 Å². The molecule has 0 aliphatic heterocycles. The molecule has 0 radical (unpaired) electrons. The zero-order valence-electron chi connectivity index (χ0n) is 18.0. The number of nitrogen functional groups attached to an aromatic ring is 2. The quantitative estimate of drug-likeness (QED) is 0.231. The van der Waals surface area contributed by atoms with Crippen molar-refractivity contribution in [3.05, 3.63) is 65.9 Å². The van der Waals surface area contributed by atoms with Gasteiger partial charge >= 0.3 is 12.1 Å². The molecule has 6 N–H and O–H groups in total. The van der Waals surface area contributed by atoms with E-state index in [0.29, 0.717) is 28.5 Å². The summed E-state index contributed by atoms with van der Waals surface area (Å²) in [6.07, 6.45) is -2.82. The molecular weight excluding hydrogens is 489 g/mol. The molecule has 0 spiro atoms. The number of imidazole rings is 1. The van der Waals surface area contributed by atoms with Crippen molar-refractivity contribution in [2.45, 2.75) is 18.6 Å². The summed E-state index contributed by atoms with van der Waals surface area (Å²) in [4.78, 5) is 27.9. The summed E-state index contributed by atoms with van der Waals surface area (Å²) >= 11 is 0. The maximum Gasteiger partial charge on any atom is 0.458 e. The van der Waals surface area contributed by atoms with Crippen LogP contribution in [-0.2, 0) is 17.3 Å². The zero-order chi connectivity index (χ0) is 26.3. The fraction of sp³-hybridized carbons (Fsp3) is 0.143. The number of anilines is 2. The zero-order valence-corrected chi connectivity index (χ0v) is 18.0. The number of alkyl halides is 5. The van der Waals surface area contributed by atoms with Gasteiger partial charge in [-0.25, -0.2) is 19.9 Å². The Morgan fingerprint density at radius 2 is 1.69 bits per heavy atom. The largest absolute Gasteiger partial charge is 0.458 e. The highest BCUT2D eigenvalue weighted by Gasteiger charge is 2.59. The third kappa shape index (κ3) is 4.37. The van der Waals surface area contributed by atoms with Gasteiger partial charge in [-0.3, -0.25) is 14.8 Å². The van der Waals surface area contributed by atoms with Gasteiger partial charge in [0.25, 0.3) is 5.91 Å². The molecule has 4 rings (SSSR count). The van der Waals surface area contributed by atoms with E-state index in [4.69, 9.17) is 16.9 Å². The van der Waals surface area contributed by atoms with Crippen molar-refractivity contribution in [2.75, 3.05) is 11.5 Å². The van der Waals surface area contributed by atoms with Gasteiger partial charge in [0, 0.05) is 29.6 Å². The Balaban J connectivity index is 1.47. The minimum Gasteiger partial charge on any atom is -0.383 e. The number of fused-ring (bicyclic) bond motifs is 1. The summed E-state index contributed by atoms with van der Waals surface area (Å²) < 4.78 is 67.0. The summed E-state index contributed by atoms with van der Waals surface area (Å²) in [5.74, 6) is -6.60. The molecule has 0 atom stereocenters. The Labute approximate surface area is 198 Å². The number of carbonyl (C=O) groups excluding carboxylic acids is 1. The standard InChI is InChI=1S/C21H16F5N9O/c22-20(23,21(24,25)26)11-5-13(16(28)30-7-11)14(27)19(36)31-6-10-1-3-12(4-2-10)35-9-34-15-17(29)32-8-33-18(15)35/h1-5,7-9,27H,6H2,(H2,28,30)(H,31,36)(H2,29,32,33). The Kier molecular flexibility index (Phi) is 5.99. The number of nitrogens with zero attached hydrogens (tertiary/aromatic N) is 5. The molecule has 0 aliphatic carbocycles. The average molecular weight is 505 g/mol. The molecule has 0 bridgehead atoms. The summed E-state index contributed by atoms with van der Waals surface area (Å²) in [5, 5.41) is 10.3. The van der Waals surface area contributed by atoms with Gasteiger partial charge in [-0.2, -0.15) is 22.0 Å². The molecule has 0 saturated heterocycles. The van der Waals surface area contributed by atoms with E-state index in [1.54, 1.807) is 28.8 Å². The van der Waals surface area contributed by atoms with Gasteiger partial charge in [-0.1, -0.05) is 12.1 Å². The highest BCUT2D eigenvalue weighted by molar-refractivity contribution is 6.45. The molecule has 1 amide bonds. The topological polar surface area (TPSA) is 161 Å². The van der Waals surface area contributed by atoms with Crippen LogP contribution in [0.2, 0.25) is 0 Å². The lowest BCUT2D eigenvalue weighted by Crippen LogP contribution is -2.35. The second-order valence-electron chi connectivity index (χ2n) is 7.50. The first-order chi connectivity index (χ1) is 16.9. The summed E-state index contributed by atoms with van der Waals surface area (Å²) in [6, 6.07) is 7.07. The number of benzene rings is 1. The lowest BCUT2D eigenvalue weighted by atomic mass is 10.0. The van der Waals surface area contributed by atoms with Crippen LogP contribution in [0.5, 0.6) is 0 Å². The average Bonchev–Trinajstić information content (AvgIpc) is 3.27. The number of aromatic nitrogens is 5. The predicted molar refractivity (Wildman–Crippen MR) is 118 cm³/mol. The number of halogens is 5. The Morgan fingerprint density at radius 1 is 1.00 bits per heavy atom. The second-order valence-corrected chi connectivity index (χ2v) is 7.50. The molecule has 0 aliphatic rings. The predicted octanol–water partition coefficient (Wildman–Crippen LogP) is 2.71. The first kappa shape index (κ1) is 24.4. The molecule has 1 aromatic carbocycles. The fourth-order valence-corrected chi connectivity index (χ4v) is 3.22. The van der Waals surface area contributed by atoms with E-state index in [1.165, 1.54) is 12.7 Å². The Bertz CT molecular complexity index is 1470. The first-order valence-electron chi connectivity index (χ1n) is 10.0. The van der Waals surface area contributed by atoms with Crippen LogP contribution in [0.4, 0.5) is 33.6 Å². The van der Waals surface area contributed by atoms with Gasteiger partial charge in [0.15, 0.2) is 17.0 Å². The van der Waals surface area contributed by atoms with Crippen molar-refractivity contribution in [3.63, 3.8) is 0 Å². The van der Waals surface area contributed by atoms with Crippen molar-refractivity contribution in [3.8, 4) is 5.69 Å². The highest BCUT2D eigenvalue weighted by atomic mass is 19.4. The minimum absolute atomic E-state index is 0.0764. The van der Waals surface area contributed by atoms with Crippen molar-refractivity contribution in [1.29, 1.82) is 5.41 Å². The SMILES string of the molecule is N=C(C(=O)NCc1ccc(-n2cnc3c(N)ncnc32)cc1)c1cc(C(F)(F)C(F)(F)F)cnc1N. The van der Waals surface area contributed by atoms with E-state index < -0.39 is 40.7 Å². The summed E-state index contributed by atoms with van der Waals surface area (Å²) in [6.45, 7) is -0.0764. The number of amides is 1. The van der Waals surface area contributed by atoms with Gasteiger partial charge in [0.1, 0.15) is 24.2 Å². The second kappa shape index (κ2) is 8.83. The van der Waals surface area contributed by atoms with Crippen LogP contribution in [0, 0.1) is 5.41 Å². The fourth-order valence-electron chi connectivity index (χ4n) is 3.22. The molecule has 3 heterocycles. The van der Waals surface area contributed by atoms with Gasteiger partial charge in [-0.15, -0.1) is 0 Å². The van der Waals surface area contributed by atoms with E-state index in [9.17, 15) is 26.7 Å². The minimum atomic E-state index is -5.89. The van der Waals surface area contributed by atoms with Crippen molar-refractivity contribution >= 4 is 34.4 Å². The molecule has 0 fully saturated rings. The highest BCUT2D eigenvalue weighted by Crippen LogP contribution is 2.44. The number of nitrogens with one attached hydrogen (secondary N) is 2. The van der Waals surface area contributed by atoms with Crippen LogP contribution in [0.15, 0.2) is 49.2 Å². The molecular formula is C21H16F5N9O. The van der Waals surface area contributed by atoms with Crippen LogP contribution in [0.25, 0.3) is 16.9 Å². The van der Waals surface area contributed by atoms with Crippen molar-refractivity contribution in [1.82, 2.24) is 29.8 Å². The van der Waals surface area contributed by atoms with Crippen LogP contribution in [-0.4, -0.2) is 42.3 Å². The summed E-state index contributed by atoms with van der Waals surface area (Å²) in [7, 11) is 0. The molecule has 3 aromatic heterocycles. The third-order valence-electron chi connectivity index (χ3n) is 5.16. The molecule has 15 heteroatoms. The van der Waals surface area contributed by atoms with Crippen LogP contribution >= 0.6 is 0 Å². The lowest BCUT2D eigenvalue weighted by Gasteiger charge is -2.20. The van der Waals surface area contributed by atoms with Gasteiger partial charge in [-0.05, 0) is 23.8 Å². The van der Waals surface area contributed by atoms with Crippen molar-refractivity contribution in [2.24, 2.45) is 0 Å². The molecule has 36 heavy (non-hydrogen) atoms. The van der Waals surface area contributed by atoms with Crippen molar-refractivity contribution < 1.29 is 26.7 Å². The van der Waals surface area contributed by atoms with E-state index in [1.807, 2.05) is 0 Å². The lowest BCUT2D eigenvalue weighted by molar-refractivity contribution is -0.289. The van der Waals surface area contributed by atoms with Gasteiger partial charge in [0.2, 0.25) is 0 Å². The number of pyridine rings is 1. The number of carbonyl (C=O) groups is 1.